The van der Waals surface area contributed by atoms with Crippen LogP contribution in [0, 0.1) is 5.82 Å². The molecule has 1 aromatic carbocycles. The van der Waals surface area contributed by atoms with Crippen molar-refractivity contribution in [1.82, 2.24) is 9.62 Å². The van der Waals surface area contributed by atoms with Crippen molar-refractivity contribution in [3.8, 4) is 0 Å². The molecule has 2 rings (SSSR count). The lowest BCUT2D eigenvalue weighted by Gasteiger charge is -2.24. The van der Waals surface area contributed by atoms with Crippen LogP contribution in [-0.4, -0.2) is 52.0 Å². The Bertz CT molecular complexity index is 647. The molecule has 1 aliphatic rings. The fourth-order valence-electron chi connectivity index (χ4n) is 2.29. The molecular weight excluding hydrogens is 335 g/mol. The minimum atomic E-state index is -3.98. The molecule has 6 nitrogen and oxygen atoms in total. The van der Waals surface area contributed by atoms with Crippen molar-refractivity contribution in [2.24, 2.45) is 0 Å². The first kappa shape index (κ1) is 18.8. The fourth-order valence-corrected chi connectivity index (χ4v) is 3.86. The van der Waals surface area contributed by atoms with Gasteiger partial charge in [-0.15, -0.1) is 12.4 Å². The maximum absolute atomic E-state index is 13.4. The van der Waals surface area contributed by atoms with Gasteiger partial charge < -0.3 is 10.1 Å². The Kier molecular flexibility index (Phi) is 6.30. The molecule has 0 bridgehead atoms. The number of ether oxygens (including phenoxy) is 1. The monoisotopic (exact) mass is 352 g/mol. The highest BCUT2D eigenvalue weighted by atomic mass is 35.5. The number of carbonyl (C=O) groups excluding carboxylic acids is 1. The molecule has 1 unspecified atom stereocenters. The summed E-state index contributed by atoms with van der Waals surface area (Å²) >= 11 is 0. The van der Waals surface area contributed by atoms with Gasteiger partial charge in [-0.2, -0.15) is 4.31 Å². The molecule has 124 valence electrons. The van der Waals surface area contributed by atoms with Gasteiger partial charge in [0.2, 0.25) is 10.0 Å². The molecule has 1 heterocycles. The summed E-state index contributed by atoms with van der Waals surface area (Å²) in [7, 11) is -1.40. The third-order valence-corrected chi connectivity index (χ3v) is 5.50. The average molecular weight is 353 g/mol. The largest absolute Gasteiger partial charge is 0.465 e. The molecular formula is C13H18ClFN2O4S. The van der Waals surface area contributed by atoms with E-state index in [9.17, 15) is 17.6 Å². The number of likely N-dealkylation sites (N-methyl/N-ethyl adjacent to an activating group) is 1. The minimum absolute atomic E-state index is 0. The first-order valence-corrected chi connectivity index (χ1v) is 7.88. The molecule has 1 fully saturated rings. The summed E-state index contributed by atoms with van der Waals surface area (Å²) in [4.78, 5) is 11.3. The van der Waals surface area contributed by atoms with E-state index in [1.54, 1.807) is 0 Å². The standard InChI is InChI=1S/C13H17FN2O4S.ClH/c1-16(10-5-6-15-8-10)21(18,19)12-7-9(14)3-4-11(12)13(17)20-2;/h3-4,7,10,15H,5-6,8H2,1-2H3;1H. The number of rotatable bonds is 4. The van der Waals surface area contributed by atoms with Crippen LogP contribution >= 0.6 is 12.4 Å². The Morgan fingerprint density at radius 2 is 2.14 bits per heavy atom. The third kappa shape index (κ3) is 3.57. The number of carbonyl (C=O) groups is 1. The zero-order valence-corrected chi connectivity index (χ0v) is 13.8. The quantitative estimate of drug-likeness (QED) is 0.819. The molecule has 1 N–H and O–H groups in total. The van der Waals surface area contributed by atoms with E-state index in [1.165, 1.54) is 11.4 Å². The smallest absolute Gasteiger partial charge is 0.339 e. The highest BCUT2D eigenvalue weighted by Gasteiger charge is 2.33. The van der Waals surface area contributed by atoms with Crippen molar-refractivity contribution in [2.75, 3.05) is 27.2 Å². The predicted molar refractivity (Wildman–Crippen MR) is 81.2 cm³/mol. The molecule has 0 amide bonds. The van der Waals surface area contributed by atoms with Crippen LogP contribution in [0.1, 0.15) is 16.8 Å². The second kappa shape index (κ2) is 7.36. The van der Waals surface area contributed by atoms with Crippen LogP contribution in [0.5, 0.6) is 0 Å². The summed E-state index contributed by atoms with van der Waals surface area (Å²) in [5.74, 6) is -1.54. The molecule has 22 heavy (non-hydrogen) atoms. The number of nitrogens with one attached hydrogen (secondary N) is 1. The molecule has 1 aromatic rings. The Morgan fingerprint density at radius 3 is 2.68 bits per heavy atom. The summed E-state index contributed by atoms with van der Waals surface area (Å²) in [6.07, 6.45) is 0.665. The van der Waals surface area contributed by atoms with Gasteiger partial charge in [0.15, 0.2) is 0 Å². The number of nitrogens with zero attached hydrogens (tertiary/aromatic N) is 1. The topological polar surface area (TPSA) is 75.7 Å². The van der Waals surface area contributed by atoms with Crippen LogP contribution < -0.4 is 5.32 Å². The summed E-state index contributed by atoms with van der Waals surface area (Å²) in [5, 5.41) is 3.06. The van der Waals surface area contributed by atoms with E-state index in [4.69, 9.17) is 0 Å². The van der Waals surface area contributed by atoms with Gasteiger partial charge in [0.25, 0.3) is 0 Å². The Labute approximate surface area is 135 Å². The maximum Gasteiger partial charge on any atom is 0.339 e. The zero-order valence-electron chi connectivity index (χ0n) is 12.2. The van der Waals surface area contributed by atoms with Crippen LogP contribution in [0.25, 0.3) is 0 Å². The van der Waals surface area contributed by atoms with Crippen LogP contribution in [0.4, 0.5) is 4.39 Å². The van der Waals surface area contributed by atoms with Crippen molar-refractivity contribution in [1.29, 1.82) is 0 Å². The summed E-state index contributed by atoms with van der Waals surface area (Å²) in [5.41, 5.74) is -0.170. The van der Waals surface area contributed by atoms with E-state index in [2.05, 4.69) is 10.1 Å². The van der Waals surface area contributed by atoms with E-state index in [0.29, 0.717) is 13.0 Å². The molecule has 0 saturated carbocycles. The van der Waals surface area contributed by atoms with Gasteiger partial charge in [-0.25, -0.2) is 17.6 Å². The number of benzene rings is 1. The van der Waals surface area contributed by atoms with Crippen LogP contribution in [0.15, 0.2) is 23.1 Å². The third-order valence-electron chi connectivity index (χ3n) is 3.55. The minimum Gasteiger partial charge on any atom is -0.465 e. The highest BCUT2D eigenvalue weighted by Crippen LogP contribution is 2.24. The average Bonchev–Trinajstić information content (AvgIpc) is 2.99. The summed E-state index contributed by atoms with van der Waals surface area (Å²) in [6, 6.07) is 2.78. The second-order valence-electron chi connectivity index (χ2n) is 4.80. The van der Waals surface area contributed by atoms with Gasteiger partial charge in [0, 0.05) is 19.6 Å². The lowest BCUT2D eigenvalue weighted by atomic mass is 10.2. The summed E-state index contributed by atoms with van der Waals surface area (Å²) in [6.45, 7) is 1.25. The molecule has 0 spiro atoms. The van der Waals surface area contributed by atoms with Crippen LogP contribution in [-0.2, 0) is 14.8 Å². The van der Waals surface area contributed by atoms with E-state index in [1.807, 2.05) is 0 Å². The van der Waals surface area contributed by atoms with Gasteiger partial charge in [0.1, 0.15) is 5.82 Å². The van der Waals surface area contributed by atoms with E-state index in [-0.39, 0.29) is 28.9 Å². The van der Waals surface area contributed by atoms with E-state index >= 15 is 0 Å². The van der Waals surface area contributed by atoms with Crippen molar-refractivity contribution in [3.63, 3.8) is 0 Å². The number of hydrogen-bond acceptors (Lipinski definition) is 5. The SMILES string of the molecule is COC(=O)c1ccc(F)cc1S(=O)(=O)N(C)C1CCNC1.Cl. The second-order valence-corrected chi connectivity index (χ2v) is 6.77. The Morgan fingerprint density at radius 1 is 1.45 bits per heavy atom. The Balaban J connectivity index is 0.00000242. The zero-order chi connectivity index (χ0) is 15.6. The van der Waals surface area contributed by atoms with Gasteiger partial charge in [-0.05, 0) is 31.2 Å². The first-order valence-electron chi connectivity index (χ1n) is 6.44. The number of halogens is 2. The Hall–Kier alpha value is -1.22. The van der Waals surface area contributed by atoms with Crippen LogP contribution in [0.2, 0.25) is 0 Å². The van der Waals surface area contributed by atoms with E-state index < -0.39 is 21.8 Å². The van der Waals surface area contributed by atoms with Crippen molar-refractivity contribution >= 4 is 28.4 Å². The van der Waals surface area contributed by atoms with Gasteiger partial charge in [0.05, 0.1) is 17.6 Å². The lowest BCUT2D eigenvalue weighted by molar-refractivity contribution is 0.0596. The van der Waals surface area contributed by atoms with Gasteiger partial charge >= 0.3 is 5.97 Å². The molecule has 0 aromatic heterocycles. The predicted octanol–water partition coefficient (Wildman–Crippen LogP) is 1.02. The van der Waals surface area contributed by atoms with Gasteiger partial charge in [-0.3, -0.25) is 0 Å². The molecule has 1 atom stereocenters. The normalized spacial score (nSPS) is 18.1. The molecule has 1 aliphatic heterocycles. The number of methoxy groups -OCH3 is 1. The lowest BCUT2D eigenvalue weighted by Crippen LogP contribution is -2.39. The fraction of sp³-hybridized carbons (Fsp3) is 0.462. The van der Waals surface area contributed by atoms with Crippen molar-refractivity contribution < 1.29 is 22.3 Å². The molecule has 9 heteroatoms. The highest BCUT2D eigenvalue weighted by molar-refractivity contribution is 7.89. The number of hydrogen-bond donors (Lipinski definition) is 1. The molecule has 0 aliphatic carbocycles. The number of esters is 1. The molecule has 0 radical (unpaired) electrons. The maximum atomic E-state index is 13.4. The van der Waals surface area contributed by atoms with Crippen molar-refractivity contribution in [3.05, 3.63) is 29.6 Å². The molecule has 1 saturated heterocycles. The van der Waals surface area contributed by atoms with E-state index in [0.717, 1.165) is 31.9 Å². The van der Waals surface area contributed by atoms with Gasteiger partial charge in [-0.1, -0.05) is 0 Å². The number of sulfonamides is 1. The first-order chi connectivity index (χ1) is 9.87. The van der Waals surface area contributed by atoms with Crippen molar-refractivity contribution in [2.45, 2.75) is 17.4 Å². The summed E-state index contributed by atoms with van der Waals surface area (Å²) < 4.78 is 44.4. The van der Waals surface area contributed by atoms with Crippen LogP contribution in [0.3, 0.4) is 0 Å².